The highest BCUT2D eigenvalue weighted by Gasteiger charge is 2.26. The van der Waals surface area contributed by atoms with E-state index >= 15 is 0 Å². The van der Waals surface area contributed by atoms with Crippen LogP contribution >= 0.6 is 7.60 Å². The van der Waals surface area contributed by atoms with Gasteiger partial charge in [0, 0.05) is 20.3 Å². The Hall–Kier alpha value is 0.110. The van der Waals surface area contributed by atoms with Crippen molar-refractivity contribution >= 4 is 7.60 Å². The Labute approximate surface area is 85.9 Å². The molecule has 0 aromatic carbocycles. The molecular formula is C9H20NO3P. The summed E-state index contributed by atoms with van der Waals surface area (Å²) in [5, 5.41) is 3.37. The molecule has 4 nitrogen and oxygen atoms in total. The van der Waals surface area contributed by atoms with E-state index in [0.29, 0.717) is 6.16 Å². The Morgan fingerprint density at radius 3 is 2.64 bits per heavy atom. The van der Waals surface area contributed by atoms with E-state index in [0.717, 1.165) is 13.0 Å². The minimum Gasteiger partial charge on any atom is -0.313 e. The van der Waals surface area contributed by atoms with E-state index in [1.54, 1.807) is 0 Å². The maximum absolute atomic E-state index is 11.8. The van der Waals surface area contributed by atoms with Crippen molar-refractivity contribution in [2.24, 2.45) is 0 Å². The molecule has 5 heteroatoms. The fourth-order valence-corrected chi connectivity index (χ4v) is 3.05. The molecule has 0 aliphatic carbocycles. The van der Waals surface area contributed by atoms with E-state index in [4.69, 9.17) is 9.05 Å². The van der Waals surface area contributed by atoms with Crippen LogP contribution in [-0.4, -0.2) is 33.0 Å². The van der Waals surface area contributed by atoms with Crippen molar-refractivity contribution in [3.05, 3.63) is 0 Å². The third-order valence-corrected chi connectivity index (χ3v) is 4.66. The van der Waals surface area contributed by atoms with Gasteiger partial charge in [0.25, 0.3) is 0 Å². The molecule has 1 rings (SSSR count). The highest BCUT2D eigenvalue weighted by molar-refractivity contribution is 7.53. The summed E-state index contributed by atoms with van der Waals surface area (Å²) in [4.78, 5) is 0. The summed E-state index contributed by atoms with van der Waals surface area (Å²) in [6.07, 6.45) is 5.22. The second kappa shape index (κ2) is 5.86. The van der Waals surface area contributed by atoms with E-state index in [9.17, 15) is 4.57 Å². The third-order valence-electron chi connectivity index (χ3n) is 2.66. The van der Waals surface area contributed by atoms with Crippen molar-refractivity contribution in [1.29, 1.82) is 0 Å². The molecule has 1 heterocycles. The Balaban J connectivity index is 2.44. The summed E-state index contributed by atoms with van der Waals surface area (Å²) in [5.41, 5.74) is 0. The summed E-state index contributed by atoms with van der Waals surface area (Å²) in [5.74, 6) is 0. The van der Waals surface area contributed by atoms with Gasteiger partial charge in [0.1, 0.15) is 0 Å². The first-order valence-electron chi connectivity index (χ1n) is 5.14. The zero-order valence-corrected chi connectivity index (χ0v) is 9.89. The second-order valence-corrected chi connectivity index (χ2v) is 5.98. The molecule has 1 N–H and O–H groups in total. The summed E-state index contributed by atoms with van der Waals surface area (Å²) in [6, 6.07) is 0.281. The lowest BCUT2D eigenvalue weighted by Gasteiger charge is -2.20. The smallest absolute Gasteiger partial charge is 0.313 e. The standard InChI is InChI=1S/C9H20NO3P/c1-12-14(11,13-2)8-9-6-4-3-5-7-10-9/h9-10H,3-8H2,1-2H3. The molecule has 1 unspecified atom stereocenters. The van der Waals surface area contributed by atoms with Crippen molar-refractivity contribution in [2.45, 2.75) is 31.7 Å². The first-order valence-corrected chi connectivity index (χ1v) is 6.87. The largest absolute Gasteiger partial charge is 0.331 e. The van der Waals surface area contributed by atoms with E-state index in [1.165, 1.54) is 33.5 Å². The van der Waals surface area contributed by atoms with Crippen LogP contribution in [0, 0.1) is 0 Å². The highest BCUT2D eigenvalue weighted by Crippen LogP contribution is 2.47. The van der Waals surface area contributed by atoms with Gasteiger partial charge in [-0.05, 0) is 19.4 Å². The molecule has 1 aliphatic heterocycles. The molecule has 1 aliphatic rings. The summed E-state index contributed by atoms with van der Waals surface area (Å²) >= 11 is 0. The van der Waals surface area contributed by atoms with Crippen LogP contribution in [0.1, 0.15) is 25.7 Å². The Morgan fingerprint density at radius 1 is 1.29 bits per heavy atom. The van der Waals surface area contributed by atoms with Crippen LogP contribution in [0.3, 0.4) is 0 Å². The monoisotopic (exact) mass is 221 g/mol. The van der Waals surface area contributed by atoms with Crippen molar-refractivity contribution in [1.82, 2.24) is 5.32 Å². The van der Waals surface area contributed by atoms with Gasteiger partial charge >= 0.3 is 7.60 Å². The lowest BCUT2D eigenvalue weighted by molar-refractivity contribution is 0.271. The summed E-state index contributed by atoms with van der Waals surface area (Å²) in [7, 11) is 0.0594. The molecule has 1 saturated heterocycles. The maximum atomic E-state index is 11.8. The summed E-state index contributed by atoms with van der Waals surface area (Å²) < 4.78 is 21.7. The summed E-state index contributed by atoms with van der Waals surface area (Å²) in [6.45, 7) is 1.01. The molecule has 1 fully saturated rings. The van der Waals surface area contributed by atoms with Gasteiger partial charge in [-0.3, -0.25) is 4.57 Å². The Kier molecular flexibility index (Phi) is 5.10. The van der Waals surface area contributed by atoms with E-state index in [-0.39, 0.29) is 6.04 Å². The van der Waals surface area contributed by atoms with Gasteiger partial charge in [0.15, 0.2) is 0 Å². The second-order valence-electron chi connectivity index (χ2n) is 3.66. The maximum Gasteiger partial charge on any atom is 0.331 e. The van der Waals surface area contributed by atoms with Gasteiger partial charge in [-0.15, -0.1) is 0 Å². The van der Waals surface area contributed by atoms with Crippen LogP contribution in [0.2, 0.25) is 0 Å². The molecule has 14 heavy (non-hydrogen) atoms. The first-order chi connectivity index (χ1) is 6.70. The first kappa shape index (κ1) is 12.2. The Morgan fingerprint density at radius 2 is 2.00 bits per heavy atom. The molecule has 0 aromatic rings. The molecule has 84 valence electrons. The van der Waals surface area contributed by atoms with Gasteiger partial charge in [0.2, 0.25) is 0 Å². The predicted octanol–water partition coefficient (Wildman–Crippen LogP) is 2.00. The zero-order valence-electron chi connectivity index (χ0n) is 8.99. The minimum atomic E-state index is -2.83. The highest BCUT2D eigenvalue weighted by atomic mass is 31.2. The minimum absolute atomic E-state index is 0.281. The molecule has 0 amide bonds. The van der Waals surface area contributed by atoms with Crippen LogP contribution in [0.25, 0.3) is 0 Å². The number of rotatable bonds is 4. The van der Waals surface area contributed by atoms with E-state index in [2.05, 4.69) is 5.32 Å². The average Bonchev–Trinajstić information content (AvgIpc) is 2.46. The molecule has 0 aromatic heterocycles. The normalized spacial score (nSPS) is 24.6. The van der Waals surface area contributed by atoms with Crippen molar-refractivity contribution < 1.29 is 13.6 Å². The predicted molar refractivity (Wildman–Crippen MR) is 56.8 cm³/mol. The molecule has 0 spiro atoms. The van der Waals surface area contributed by atoms with Crippen molar-refractivity contribution in [3.63, 3.8) is 0 Å². The van der Waals surface area contributed by atoms with E-state index in [1.807, 2.05) is 0 Å². The lowest BCUT2D eigenvalue weighted by atomic mass is 10.1. The van der Waals surface area contributed by atoms with Crippen LogP contribution in [0.4, 0.5) is 0 Å². The van der Waals surface area contributed by atoms with Crippen LogP contribution in [0.15, 0.2) is 0 Å². The van der Waals surface area contributed by atoms with Gasteiger partial charge in [-0.1, -0.05) is 12.8 Å². The van der Waals surface area contributed by atoms with Gasteiger partial charge < -0.3 is 14.4 Å². The zero-order chi connectivity index (χ0) is 10.4. The number of hydrogen-bond donors (Lipinski definition) is 1. The van der Waals surface area contributed by atoms with Crippen molar-refractivity contribution in [3.8, 4) is 0 Å². The molecule has 0 radical (unpaired) electrons. The molecule has 1 atom stereocenters. The molecule has 0 bridgehead atoms. The molecular weight excluding hydrogens is 201 g/mol. The van der Waals surface area contributed by atoms with Crippen LogP contribution in [-0.2, 0) is 13.6 Å². The SMILES string of the molecule is COP(=O)(CC1CCCCCN1)OC. The molecule has 0 saturated carbocycles. The van der Waals surface area contributed by atoms with Crippen LogP contribution in [0.5, 0.6) is 0 Å². The Bertz CT molecular complexity index is 194. The van der Waals surface area contributed by atoms with Gasteiger partial charge in [0.05, 0.1) is 6.16 Å². The average molecular weight is 221 g/mol. The fraction of sp³-hybridized carbons (Fsp3) is 1.00. The van der Waals surface area contributed by atoms with Crippen molar-refractivity contribution in [2.75, 3.05) is 26.9 Å². The number of hydrogen-bond acceptors (Lipinski definition) is 4. The fourth-order valence-electron chi connectivity index (χ4n) is 1.75. The lowest BCUT2D eigenvalue weighted by Crippen LogP contribution is -2.31. The van der Waals surface area contributed by atoms with Gasteiger partial charge in [-0.25, -0.2) is 0 Å². The number of nitrogens with one attached hydrogen (secondary N) is 1. The van der Waals surface area contributed by atoms with Gasteiger partial charge in [-0.2, -0.15) is 0 Å². The quantitative estimate of drug-likeness (QED) is 0.738. The van der Waals surface area contributed by atoms with E-state index < -0.39 is 7.60 Å². The van der Waals surface area contributed by atoms with Crippen LogP contribution < -0.4 is 5.32 Å². The topological polar surface area (TPSA) is 47.6 Å². The third kappa shape index (κ3) is 3.70.